The Labute approximate surface area is 80.7 Å². The maximum absolute atomic E-state index is 5.58. The molecule has 12 heavy (non-hydrogen) atoms. The van der Waals surface area contributed by atoms with Crippen LogP contribution in [0.4, 0.5) is 5.13 Å². The minimum atomic E-state index is 0.452. The van der Waals surface area contributed by atoms with Gasteiger partial charge in [-0.15, -0.1) is 22.9 Å². The van der Waals surface area contributed by atoms with Gasteiger partial charge in [0.15, 0.2) is 0 Å². The minimum Gasteiger partial charge on any atom is -0.369 e. The molecule has 1 rings (SSSR count). The number of alkyl halides is 1. The number of aromatic nitrogens is 1. The molecule has 0 bridgehead atoms. The minimum absolute atomic E-state index is 0.452. The Morgan fingerprint density at radius 2 is 2.50 bits per heavy atom. The average Bonchev–Trinajstić information content (AvgIpc) is 2.48. The van der Waals surface area contributed by atoms with Crippen LogP contribution in [0, 0.1) is 0 Å². The van der Waals surface area contributed by atoms with Crippen molar-refractivity contribution in [2.75, 3.05) is 14.1 Å². The van der Waals surface area contributed by atoms with Gasteiger partial charge in [0, 0.05) is 19.5 Å². The van der Waals surface area contributed by atoms with Crippen molar-refractivity contribution < 1.29 is 0 Å². The van der Waals surface area contributed by atoms with Gasteiger partial charge in [0.1, 0.15) is 0 Å². The summed E-state index contributed by atoms with van der Waals surface area (Å²) in [6.07, 6.45) is 1.72. The van der Waals surface area contributed by atoms with Gasteiger partial charge in [0.2, 0.25) is 5.13 Å². The predicted molar refractivity (Wildman–Crippen MR) is 53.5 cm³/mol. The fraction of sp³-hybridized carbons (Fsp3) is 0.429. The summed E-state index contributed by atoms with van der Waals surface area (Å²) < 4.78 is 0. The summed E-state index contributed by atoms with van der Waals surface area (Å²) in [4.78, 5) is 10.1. The number of nitrogens with zero attached hydrogens (tertiary/aromatic N) is 3. The predicted octanol–water partition coefficient (Wildman–Crippen LogP) is 2.10. The van der Waals surface area contributed by atoms with Crippen LogP contribution in [0.2, 0.25) is 0 Å². The van der Waals surface area contributed by atoms with Gasteiger partial charge >= 0.3 is 0 Å². The van der Waals surface area contributed by atoms with Crippen LogP contribution in [0.15, 0.2) is 10.4 Å². The first-order valence-corrected chi connectivity index (χ1v) is 4.85. The van der Waals surface area contributed by atoms with Gasteiger partial charge in [-0.25, -0.2) is 9.98 Å². The molecule has 0 N–H and O–H groups in total. The SMILES string of the molecule is CN(C)C=Nc1nc(CCl)cs1. The molecule has 0 saturated heterocycles. The number of hydrogen-bond acceptors (Lipinski definition) is 3. The number of rotatable bonds is 3. The van der Waals surface area contributed by atoms with Gasteiger partial charge in [-0.1, -0.05) is 0 Å². The Morgan fingerprint density at radius 1 is 1.75 bits per heavy atom. The second kappa shape index (κ2) is 4.42. The lowest BCUT2D eigenvalue weighted by Crippen LogP contribution is -2.06. The monoisotopic (exact) mass is 203 g/mol. The summed E-state index contributed by atoms with van der Waals surface area (Å²) in [6, 6.07) is 0. The van der Waals surface area contributed by atoms with Gasteiger partial charge in [-0.2, -0.15) is 0 Å². The van der Waals surface area contributed by atoms with E-state index in [4.69, 9.17) is 11.6 Å². The molecule has 0 fully saturated rings. The van der Waals surface area contributed by atoms with E-state index < -0.39 is 0 Å². The van der Waals surface area contributed by atoms with Crippen LogP contribution in [-0.2, 0) is 5.88 Å². The second-order valence-electron chi connectivity index (χ2n) is 2.46. The third-order valence-corrected chi connectivity index (χ3v) is 2.15. The standard InChI is InChI=1S/C7H10ClN3S/c1-11(2)5-9-7-10-6(3-8)4-12-7/h4-5H,3H2,1-2H3. The largest absolute Gasteiger partial charge is 0.369 e. The topological polar surface area (TPSA) is 28.5 Å². The second-order valence-corrected chi connectivity index (χ2v) is 3.57. The Balaban J connectivity index is 2.63. The van der Waals surface area contributed by atoms with Crippen LogP contribution in [0.25, 0.3) is 0 Å². The Kier molecular flexibility index (Phi) is 3.49. The van der Waals surface area contributed by atoms with Crippen LogP contribution in [-0.4, -0.2) is 30.3 Å². The maximum Gasteiger partial charge on any atom is 0.210 e. The molecule has 0 radical (unpaired) electrons. The quantitative estimate of drug-likeness (QED) is 0.428. The van der Waals surface area contributed by atoms with E-state index in [9.17, 15) is 0 Å². The smallest absolute Gasteiger partial charge is 0.210 e. The number of aliphatic imine (C=N–C) groups is 1. The number of thiazole rings is 1. The fourth-order valence-corrected chi connectivity index (χ4v) is 1.47. The van der Waals surface area contributed by atoms with E-state index in [1.165, 1.54) is 11.3 Å². The van der Waals surface area contributed by atoms with E-state index in [1.807, 2.05) is 24.4 Å². The first-order chi connectivity index (χ1) is 5.72. The molecule has 5 heteroatoms. The first-order valence-electron chi connectivity index (χ1n) is 3.43. The van der Waals surface area contributed by atoms with E-state index in [0.717, 1.165) is 10.8 Å². The van der Waals surface area contributed by atoms with Crippen molar-refractivity contribution in [3.8, 4) is 0 Å². The zero-order chi connectivity index (χ0) is 8.97. The molecule has 0 atom stereocenters. The highest BCUT2D eigenvalue weighted by molar-refractivity contribution is 7.13. The Morgan fingerprint density at radius 3 is 3.00 bits per heavy atom. The van der Waals surface area contributed by atoms with Gasteiger partial charge < -0.3 is 4.90 Å². The normalized spacial score (nSPS) is 10.9. The van der Waals surface area contributed by atoms with Crippen molar-refractivity contribution >= 4 is 34.4 Å². The van der Waals surface area contributed by atoms with Crippen LogP contribution < -0.4 is 0 Å². The molecule has 0 saturated carbocycles. The summed E-state index contributed by atoms with van der Waals surface area (Å²) >= 11 is 7.08. The van der Waals surface area contributed by atoms with Gasteiger partial charge in [-0.05, 0) is 0 Å². The average molecular weight is 204 g/mol. The van der Waals surface area contributed by atoms with Crippen molar-refractivity contribution in [3.05, 3.63) is 11.1 Å². The van der Waals surface area contributed by atoms with Crippen LogP contribution in [0.5, 0.6) is 0 Å². The lowest BCUT2D eigenvalue weighted by Gasteiger charge is -1.99. The lowest BCUT2D eigenvalue weighted by molar-refractivity contribution is 0.643. The molecule has 0 aliphatic heterocycles. The molecule has 1 aromatic heterocycles. The summed E-state index contributed by atoms with van der Waals surface area (Å²) in [5.74, 6) is 0.452. The van der Waals surface area contributed by atoms with E-state index in [1.54, 1.807) is 6.34 Å². The molecule has 0 aliphatic carbocycles. The summed E-state index contributed by atoms with van der Waals surface area (Å²) in [7, 11) is 3.83. The lowest BCUT2D eigenvalue weighted by atomic mass is 10.6. The number of halogens is 1. The van der Waals surface area contributed by atoms with E-state index in [0.29, 0.717) is 5.88 Å². The summed E-state index contributed by atoms with van der Waals surface area (Å²) in [6.45, 7) is 0. The zero-order valence-electron chi connectivity index (χ0n) is 6.99. The molecule has 3 nitrogen and oxygen atoms in total. The fourth-order valence-electron chi connectivity index (χ4n) is 0.582. The van der Waals surface area contributed by atoms with Gasteiger partial charge in [0.25, 0.3) is 0 Å². The Hall–Kier alpha value is -0.610. The zero-order valence-corrected chi connectivity index (χ0v) is 8.56. The summed E-state index contributed by atoms with van der Waals surface area (Å²) in [5, 5.41) is 2.66. The van der Waals surface area contributed by atoms with E-state index in [2.05, 4.69) is 9.98 Å². The van der Waals surface area contributed by atoms with Gasteiger partial charge in [-0.3, -0.25) is 0 Å². The van der Waals surface area contributed by atoms with Crippen molar-refractivity contribution in [2.45, 2.75) is 5.88 Å². The van der Waals surface area contributed by atoms with E-state index in [-0.39, 0.29) is 0 Å². The Bertz CT molecular complexity index is 269. The highest BCUT2D eigenvalue weighted by atomic mass is 35.5. The van der Waals surface area contributed by atoms with Gasteiger partial charge in [0.05, 0.1) is 17.9 Å². The van der Waals surface area contributed by atoms with Crippen LogP contribution >= 0.6 is 22.9 Å². The maximum atomic E-state index is 5.58. The van der Waals surface area contributed by atoms with Crippen molar-refractivity contribution in [1.29, 1.82) is 0 Å². The third kappa shape index (κ3) is 2.79. The molecule has 0 aliphatic rings. The molecular formula is C7H10ClN3S. The van der Waals surface area contributed by atoms with Crippen LogP contribution in [0.3, 0.4) is 0 Å². The van der Waals surface area contributed by atoms with Crippen LogP contribution in [0.1, 0.15) is 5.69 Å². The van der Waals surface area contributed by atoms with Crippen molar-refractivity contribution in [1.82, 2.24) is 9.88 Å². The molecule has 1 heterocycles. The molecule has 0 spiro atoms. The molecule has 66 valence electrons. The molecule has 1 aromatic rings. The number of hydrogen-bond donors (Lipinski definition) is 0. The molecule has 0 aromatic carbocycles. The van der Waals surface area contributed by atoms with Crippen molar-refractivity contribution in [2.24, 2.45) is 4.99 Å². The van der Waals surface area contributed by atoms with E-state index >= 15 is 0 Å². The first kappa shape index (κ1) is 9.48. The van der Waals surface area contributed by atoms with Crippen molar-refractivity contribution in [3.63, 3.8) is 0 Å². The highest BCUT2D eigenvalue weighted by Crippen LogP contribution is 2.18. The molecule has 0 amide bonds. The third-order valence-electron chi connectivity index (χ3n) is 1.08. The summed E-state index contributed by atoms with van der Waals surface area (Å²) in [5.41, 5.74) is 0.882. The molecular weight excluding hydrogens is 194 g/mol. The molecule has 0 unspecified atom stereocenters. The highest BCUT2D eigenvalue weighted by Gasteiger charge is 1.97.